The highest BCUT2D eigenvalue weighted by Crippen LogP contribution is 2.51. The molecule has 32 heavy (non-hydrogen) atoms. The molecule has 1 aromatic heterocycles. The van der Waals surface area contributed by atoms with Gasteiger partial charge in [0.2, 0.25) is 0 Å². The number of H-pyrrole nitrogens is 1. The molecule has 5 rings (SSSR count). The van der Waals surface area contributed by atoms with Gasteiger partial charge in [-0.05, 0) is 42.5 Å². The molecule has 0 saturated heterocycles. The van der Waals surface area contributed by atoms with Crippen molar-refractivity contribution in [3.63, 3.8) is 0 Å². The Bertz CT molecular complexity index is 1250. The molecule has 1 atom stereocenters. The summed E-state index contributed by atoms with van der Waals surface area (Å²) in [7, 11) is 0. The predicted molar refractivity (Wildman–Crippen MR) is 122 cm³/mol. The summed E-state index contributed by atoms with van der Waals surface area (Å²) >= 11 is 6.15. The molecule has 0 bridgehead atoms. The Balaban J connectivity index is 1.41. The van der Waals surface area contributed by atoms with E-state index in [1.165, 1.54) is 4.90 Å². The van der Waals surface area contributed by atoms with Gasteiger partial charge in [-0.25, -0.2) is 4.98 Å². The van der Waals surface area contributed by atoms with Gasteiger partial charge in [-0.2, -0.15) is 0 Å². The molecular formula is C25H24ClN3O3. The Morgan fingerprint density at radius 3 is 2.66 bits per heavy atom. The Morgan fingerprint density at radius 2 is 1.94 bits per heavy atom. The normalized spacial score (nSPS) is 17.5. The smallest absolute Gasteiger partial charge is 0.256 e. The van der Waals surface area contributed by atoms with Crippen molar-refractivity contribution in [1.29, 1.82) is 0 Å². The van der Waals surface area contributed by atoms with Crippen molar-refractivity contribution in [3.8, 4) is 0 Å². The average Bonchev–Trinajstić information content (AvgIpc) is 3.62. The van der Waals surface area contributed by atoms with Crippen LogP contribution in [0, 0.1) is 6.92 Å². The fraction of sp³-hybridized carbons (Fsp3) is 0.320. The molecule has 2 aliphatic rings. The molecule has 0 spiro atoms. The molecule has 164 valence electrons. The van der Waals surface area contributed by atoms with E-state index in [1.807, 2.05) is 18.2 Å². The second-order valence-corrected chi connectivity index (χ2v) is 9.06. The first-order valence-corrected chi connectivity index (χ1v) is 11.2. The number of amides is 1. The molecule has 6 nitrogen and oxygen atoms in total. The molecule has 0 radical (unpaired) electrons. The molecule has 7 heteroatoms. The van der Waals surface area contributed by atoms with Crippen molar-refractivity contribution >= 4 is 17.5 Å². The minimum absolute atomic E-state index is 0.131. The number of rotatable bonds is 4. The minimum Gasteiger partial charge on any atom is -0.378 e. The summed E-state index contributed by atoms with van der Waals surface area (Å²) in [6.45, 7) is 2.30. The zero-order valence-electron chi connectivity index (χ0n) is 17.8. The molecule has 1 aliphatic carbocycles. The van der Waals surface area contributed by atoms with Crippen LogP contribution in [-0.4, -0.2) is 32.4 Å². The van der Waals surface area contributed by atoms with E-state index >= 15 is 0 Å². The van der Waals surface area contributed by atoms with Crippen molar-refractivity contribution in [1.82, 2.24) is 14.9 Å². The quantitative estimate of drug-likeness (QED) is 0.639. The van der Waals surface area contributed by atoms with Crippen molar-refractivity contribution in [2.45, 2.75) is 44.2 Å². The molecule has 1 fully saturated rings. The molecule has 1 amide bonds. The highest BCUT2D eigenvalue weighted by molar-refractivity contribution is 6.31. The number of nitrogens with zero attached hydrogens (tertiary/aromatic N) is 2. The third-order valence-corrected chi connectivity index (χ3v) is 7.16. The second kappa shape index (κ2) is 7.87. The number of halogens is 1. The van der Waals surface area contributed by atoms with Crippen LogP contribution < -0.4 is 5.56 Å². The van der Waals surface area contributed by atoms with Crippen LogP contribution >= 0.6 is 11.6 Å². The van der Waals surface area contributed by atoms with Crippen molar-refractivity contribution in [2.75, 3.05) is 6.54 Å². The summed E-state index contributed by atoms with van der Waals surface area (Å²) in [5, 5.41) is 11.2. The number of aliphatic hydroxyl groups excluding tert-OH is 1. The van der Waals surface area contributed by atoms with Gasteiger partial charge >= 0.3 is 0 Å². The lowest BCUT2D eigenvalue weighted by molar-refractivity contribution is -0.141. The van der Waals surface area contributed by atoms with Crippen LogP contribution in [0.25, 0.3) is 0 Å². The van der Waals surface area contributed by atoms with Gasteiger partial charge in [-0.15, -0.1) is 0 Å². The largest absolute Gasteiger partial charge is 0.378 e. The highest BCUT2D eigenvalue weighted by Gasteiger charge is 2.48. The number of hydrogen-bond donors (Lipinski definition) is 2. The molecule has 1 saturated carbocycles. The minimum atomic E-state index is -1.32. The number of carbonyl (C=O) groups excluding carboxylic acids is 1. The first-order chi connectivity index (χ1) is 15.4. The third-order valence-electron chi connectivity index (χ3n) is 6.75. The van der Waals surface area contributed by atoms with Crippen LogP contribution in [0.5, 0.6) is 0 Å². The Hall–Kier alpha value is -2.96. The highest BCUT2D eigenvalue weighted by atomic mass is 35.5. The number of aliphatic hydroxyl groups is 1. The summed E-state index contributed by atoms with van der Waals surface area (Å²) in [6.07, 6.45) is 1.06. The maximum atomic E-state index is 13.0. The number of aromatic nitrogens is 2. The topological polar surface area (TPSA) is 86.3 Å². The third kappa shape index (κ3) is 3.44. The predicted octanol–water partition coefficient (Wildman–Crippen LogP) is 3.43. The Kier molecular flexibility index (Phi) is 5.14. The van der Waals surface area contributed by atoms with E-state index in [2.05, 4.69) is 17.1 Å². The van der Waals surface area contributed by atoms with E-state index < -0.39 is 12.0 Å². The van der Waals surface area contributed by atoms with E-state index in [1.54, 1.807) is 25.1 Å². The zero-order chi connectivity index (χ0) is 22.5. The fourth-order valence-corrected chi connectivity index (χ4v) is 4.79. The van der Waals surface area contributed by atoms with Gasteiger partial charge in [0, 0.05) is 18.0 Å². The summed E-state index contributed by atoms with van der Waals surface area (Å²) in [5.41, 5.74) is 3.12. The number of fused-ring (bicyclic) bond motifs is 1. The van der Waals surface area contributed by atoms with E-state index in [-0.39, 0.29) is 17.5 Å². The first kappa shape index (κ1) is 20.9. The maximum absolute atomic E-state index is 13.0. The monoisotopic (exact) mass is 449 g/mol. The molecule has 1 aliphatic heterocycles. The second-order valence-electron chi connectivity index (χ2n) is 8.65. The summed E-state index contributed by atoms with van der Waals surface area (Å²) in [6, 6.07) is 15.3. The lowest BCUT2D eigenvalue weighted by Gasteiger charge is -2.30. The van der Waals surface area contributed by atoms with Crippen molar-refractivity contribution in [3.05, 3.63) is 97.7 Å². The SMILES string of the molecule is Cc1c(Cl)cccc1C(O)C(=O)N1CCc2nc(C3(c4ccccc4)CC3)[nH]c(=O)c2C1. The molecular weight excluding hydrogens is 426 g/mol. The first-order valence-electron chi connectivity index (χ1n) is 10.8. The van der Waals surface area contributed by atoms with E-state index in [0.29, 0.717) is 40.5 Å². The van der Waals surface area contributed by atoms with E-state index in [4.69, 9.17) is 16.6 Å². The number of benzene rings is 2. The van der Waals surface area contributed by atoms with Gasteiger partial charge in [0.05, 0.1) is 23.2 Å². The summed E-state index contributed by atoms with van der Waals surface area (Å²) in [4.78, 5) is 35.3. The van der Waals surface area contributed by atoms with Gasteiger partial charge < -0.3 is 15.0 Å². The standard InChI is InChI=1S/C25H24ClN3O3/c1-15-17(8-5-9-19(15)26)21(30)23(32)29-13-10-20-18(14-29)22(31)28-24(27-20)25(11-12-25)16-6-3-2-4-7-16/h2-9,21,30H,10-14H2,1H3,(H,27,28,31). The van der Waals surface area contributed by atoms with Gasteiger partial charge in [0.1, 0.15) is 5.82 Å². The summed E-state index contributed by atoms with van der Waals surface area (Å²) < 4.78 is 0. The molecule has 3 aromatic rings. The molecule has 2 N–H and O–H groups in total. The van der Waals surface area contributed by atoms with Crippen LogP contribution in [0.1, 0.15) is 52.7 Å². The van der Waals surface area contributed by atoms with Crippen LogP contribution in [0.2, 0.25) is 5.02 Å². The zero-order valence-corrected chi connectivity index (χ0v) is 18.5. The van der Waals surface area contributed by atoms with E-state index in [0.717, 1.165) is 24.1 Å². The molecule has 2 heterocycles. The van der Waals surface area contributed by atoms with Crippen LogP contribution in [0.3, 0.4) is 0 Å². The van der Waals surface area contributed by atoms with Gasteiger partial charge in [0.25, 0.3) is 11.5 Å². The van der Waals surface area contributed by atoms with Gasteiger partial charge in [0.15, 0.2) is 6.10 Å². The average molecular weight is 450 g/mol. The van der Waals surface area contributed by atoms with Gasteiger partial charge in [-0.1, -0.05) is 54.1 Å². The maximum Gasteiger partial charge on any atom is 0.256 e. The van der Waals surface area contributed by atoms with Crippen LogP contribution in [-0.2, 0) is 23.2 Å². The van der Waals surface area contributed by atoms with E-state index in [9.17, 15) is 14.7 Å². The molecule has 2 aromatic carbocycles. The Labute approximate surface area is 190 Å². The van der Waals surface area contributed by atoms with Crippen molar-refractivity contribution in [2.24, 2.45) is 0 Å². The lowest BCUT2D eigenvalue weighted by atomic mass is 9.94. The number of carbonyl (C=O) groups is 1. The number of aromatic amines is 1. The number of hydrogen-bond acceptors (Lipinski definition) is 4. The fourth-order valence-electron chi connectivity index (χ4n) is 4.61. The molecule has 1 unspecified atom stereocenters. The van der Waals surface area contributed by atoms with Crippen LogP contribution in [0.4, 0.5) is 0 Å². The number of nitrogens with one attached hydrogen (secondary N) is 1. The van der Waals surface area contributed by atoms with Gasteiger partial charge in [-0.3, -0.25) is 9.59 Å². The summed E-state index contributed by atoms with van der Waals surface area (Å²) in [5.74, 6) is 0.272. The lowest BCUT2D eigenvalue weighted by Crippen LogP contribution is -2.42. The Morgan fingerprint density at radius 1 is 1.19 bits per heavy atom. The van der Waals surface area contributed by atoms with Crippen molar-refractivity contribution < 1.29 is 9.90 Å². The van der Waals surface area contributed by atoms with Crippen LogP contribution in [0.15, 0.2) is 53.3 Å².